The number of rotatable bonds is 6. The molecule has 0 spiro atoms. The molecule has 15 heavy (non-hydrogen) atoms. The van der Waals surface area contributed by atoms with Crippen molar-refractivity contribution >= 4 is 17.4 Å². The van der Waals surface area contributed by atoms with Gasteiger partial charge in [0, 0.05) is 13.2 Å². The maximum atomic E-state index is 5.60. The molecule has 0 unspecified atom stereocenters. The highest BCUT2D eigenvalue weighted by atomic mass is 35.5. The first-order valence-electron chi connectivity index (χ1n) is 4.99. The topological polar surface area (TPSA) is 47.0 Å². The molecule has 1 N–H and O–H groups in total. The van der Waals surface area contributed by atoms with E-state index in [0.29, 0.717) is 23.5 Å². The third kappa shape index (κ3) is 5.54. The van der Waals surface area contributed by atoms with Crippen LogP contribution in [0.4, 0.5) is 5.82 Å². The summed E-state index contributed by atoms with van der Waals surface area (Å²) in [6.45, 7) is 6.43. The molecule has 1 aromatic rings. The minimum absolute atomic E-state index is 0.400. The van der Waals surface area contributed by atoms with E-state index in [4.69, 9.17) is 16.3 Å². The van der Waals surface area contributed by atoms with E-state index in [-0.39, 0.29) is 0 Å². The van der Waals surface area contributed by atoms with Crippen LogP contribution in [0.1, 0.15) is 13.8 Å². The standard InChI is InChI=1S/C10H16ClN3O/c1-8(2)7-15-6-5-12-10-4-3-9(11)13-14-10/h3-4,8H,5-7H2,1-2H3,(H,12,14). The number of aromatic nitrogens is 2. The van der Waals surface area contributed by atoms with Crippen LogP contribution in [0.25, 0.3) is 0 Å². The van der Waals surface area contributed by atoms with E-state index in [2.05, 4.69) is 29.4 Å². The first kappa shape index (κ1) is 12.2. The van der Waals surface area contributed by atoms with Crippen molar-refractivity contribution in [1.29, 1.82) is 0 Å². The molecule has 84 valence electrons. The molecule has 0 atom stereocenters. The fourth-order valence-electron chi connectivity index (χ4n) is 0.981. The Balaban J connectivity index is 2.12. The molecule has 0 radical (unpaired) electrons. The summed E-state index contributed by atoms with van der Waals surface area (Å²) in [5.74, 6) is 1.29. The average molecular weight is 230 g/mol. The molecule has 0 aromatic carbocycles. The summed E-state index contributed by atoms with van der Waals surface area (Å²) < 4.78 is 5.40. The minimum Gasteiger partial charge on any atom is -0.379 e. The van der Waals surface area contributed by atoms with E-state index in [0.717, 1.165) is 13.2 Å². The molecule has 0 amide bonds. The molecular weight excluding hydrogens is 214 g/mol. The molecule has 0 bridgehead atoms. The largest absolute Gasteiger partial charge is 0.379 e. The lowest BCUT2D eigenvalue weighted by atomic mass is 10.2. The van der Waals surface area contributed by atoms with E-state index in [1.165, 1.54) is 0 Å². The monoisotopic (exact) mass is 229 g/mol. The highest BCUT2D eigenvalue weighted by molar-refractivity contribution is 6.29. The van der Waals surface area contributed by atoms with E-state index in [1.807, 2.05) is 0 Å². The van der Waals surface area contributed by atoms with Crippen molar-refractivity contribution in [3.63, 3.8) is 0 Å². The number of hydrogen-bond acceptors (Lipinski definition) is 4. The van der Waals surface area contributed by atoms with Crippen LogP contribution >= 0.6 is 11.6 Å². The van der Waals surface area contributed by atoms with Gasteiger partial charge in [-0.15, -0.1) is 10.2 Å². The van der Waals surface area contributed by atoms with Gasteiger partial charge >= 0.3 is 0 Å². The minimum atomic E-state index is 0.400. The third-order valence-electron chi connectivity index (χ3n) is 1.64. The van der Waals surface area contributed by atoms with Gasteiger partial charge in [0.15, 0.2) is 5.15 Å². The number of hydrogen-bond donors (Lipinski definition) is 1. The summed E-state index contributed by atoms with van der Waals surface area (Å²) >= 11 is 5.60. The van der Waals surface area contributed by atoms with Gasteiger partial charge in [-0.1, -0.05) is 25.4 Å². The molecule has 0 fully saturated rings. The van der Waals surface area contributed by atoms with E-state index in [9.17, 15) is 0 Å². The van der Waals surface area contributed by atoms with Crippen LogP contribution in [0, 0.1) is 5.92 Å². The highest BCUT2D eigenvalue weighted by Gasteiger charge is 1.96. The number of halogens is 1. The molecular formula is C10H16ClN3O. The second kappa shape index (κ2) is 6.58. The maximum absolute atomic E-state index is 5.60. The summed E-state index contributed by atoms with van der Waals surface area (Å²) in [4.78, 5) is 0. The summed E-state index contributed by atoms with van der Waals surface area (Å²) in [7, 11) is 0. The number of nitrogens with zero attached hydrogens (tertiary/aromatic N) is 2. The van der Waals surface area contributed by atoms with E-state index >= 15 is 0 Å². The van der Waals surface area contributed by atoms with Gasteiger partial charge in [0.05, 0.1) is 6.61 Å². The van der Waals surface area contributed by atoms with Crippen LogP contribution in [0.2, 0.25) is 5.15 Å². The molecule has 4 nitrogen and oxygen atoms in total. The van der Waals surface area contributed by atoms with Crippen LogP contribution in [-0.2, 0) is 4.74 Å². The molecule has 0 saturated carbocycles. The Morgan fingerprint density at radius 3 is 2.80 bits per heavy atom. The highest BCUT2D eigenvalue weighted by Crippen LogP contribution is 2.05. The Labute approximate surface area is 95.0 Å². The average Bonchev–Trinajstić information content (AvgIpc) is 2.20. The van der Waals surface area contributed by atoms with Crippen LogP contribution < -0.4 is 5.32 Å². The molecule has 1 heterocycles. The maximum Gasteiger partial charge on any atom is 0.151 e. The van der Waals surface area contributed by atoms with Gasteiger partial charge in [-0.25, -0.2) is 0 Å². The lowest BCUT2D eigenvalue weighted by Gasteiger charge is -2.07. The van der Waals surface area contributed by atoms with Gasteiger partial charge in [-0.2, -0.15) is 0 Å². The van der Waals surface area contributed by atoms with Gasteiger partial charge in [0.25, 0.3) is 0 Å². The SMILES string of the molecule is CC(C)COCCNc1ccc(Cl)nn1. The van der Waals surface area contributed by atoms with Gasteiger partial charge in [0.2, 0.25) is 0 Å². The fourth-order valence-corrected chi connectivity index (χ4v) is 1.08. The zero-order chi connectivity index (χ0) is 11.1. The molecule has 5 heteroatoms. The summed E-state index contributed by atoms with van der Waals surface area (Å²) in [6, 6.07) is 3.49. The van der Waals surface area contributed by atoms with Crippen molar-refractivity contribution in [2.75, 3.05) is 25.1 Å². The Morgan fingerprint density at radius 2 is 2.20 bits per heavy atom. The predicted molar refractivity (Wildman–Crippen MR) is 61.2 cm³/mol. The lowest BCUT2D eigenvalue weighted by molar-refractivity contribution is 0.118. The van der Waals surface area contributed by atoms with Gasteiger partial charge in [-0.3, -0.25) is 0 Å². The Bertz CT molecular complexity index is 277. The lowest BCUT2D eigenvalue weighted by Crippen LogP contribution is -2.12. The van der Waals surface area contributed by atoms with Gasteiger partial charge in [-0.05, 0) is 18.1 Å². The van der Waals surface area contributed by atoms with Crippen LogP contribution in [0.3, 0.4) is 0 Å². The van der Waals surface area contributed by atoms with Crippen LogP contribution in [0.5, 0.6) is 0 Å². The number of nitrogens with one attached hydrogen (secondary N) is 1. The van der Waals surface area contributed by atoms with Crippen molar-refractivity contribution in [1.82, 2.24) is 10.2 Å². The van der Waals surface area contributed by atoms with Crippen molar-refractivity contribution in [2.24, 2.45) is 5.92 Å². The molecule has 0 saturated heterocycles. The molecule has 0 aliphatic rings. The first-order chi connectivity index (χ1) is 7.18. The molecule has 0 aliphatic carbocycles. The smallest absolute Gasteiger partial charge is 0.151 e. The number of ether oxygens (including phenoxy) is 1. The molecule has 1 aromatic heterocycles. The fraction of sp³-hybridized carbons (Fsp3) is 0.600. The van der Waals surface area contributed by atoms with E-state index < -0.39 is 0 Å². The second-order valence-corrected chi connectivity index (χ2v) is 4.02. The quantitative estimate of drug-likeness (QED) is 0.760. The summed E-state index contributed by atoms with van der Waals surface area (Å²) in [6.07, 6.45) is 0. The predicted octanol–water partition coefficient (Wildman–Crippen LogP) is 2.21. The Hall–Kier alpha value is -0.870. The van der Waals surface area contributed by atoms with E-state index in [1.54, 1.807) is 12.1 Å². The van der Waals surface area contributed by atoms with Crippen molar-refractivity contribution < 1.29 is 4.74 Å². The first-order valence-corrected chi connectivity index (χ1v) is 5.37. The Kier molecular flexibility index (Phi) is 5.36. The van der Waals surface area contributed by atoms with Crippen LogP contribution in [0.15, 0.2) is 12.1 Å². The van der Waals surface area contributed by atoms with Crippen LogP contribution in [-0.4, -0.2) is 30.0 Å². The van der Waals surface area contributed by atoms with Crippen molar-refractivity contribution in [2.45, 2.75) is 13.8 Å². The second-order valence-electron chi connectivity index (χ2n) is 3.64. The normalized spacial score (nSPS) is 10.7. The van der Waals surface area contributed by atoms with Crippen molar-refractivity contribution in [3.05, 3.63) is 17.3 Å². The summed E-state index contributed by atoms with van der Waals surface area (Å²) in [5, 5.41) is 11.1. The molecule has 1 rings (SSSR count). The molecule has 0 aliphatic heterocycles. The Morgan fingerprint density at radius 1 is 1.40 bits per heavy atom. The third-order valence-corrected chi connectivity index (χ3v) is 1.84. The summed E-state index contributed by atoms with van der Waals surface area (Å²) in [5.41, 5.74) is 0. The van der Waals surface area contributed by atoms with Gasteiger partial charge in [0.1, 0.15) is 5.82 Å². The number of anilines is 1. The van der Waals surface area contributed by atoms with Gasteiger partial charge < -0.3 is 10.1 Å². The zero-order valence-electron chi connectivity index (χ0n) is 9.03. The zero-order valence-corrected chi connectivity index (χ0v) is 9.79. The van der Waals surface area contributed by atoms with Crippen molar-refractivity contribution in [3.8, 4) is 0 Å².